The molecule has 0 atom stereocenters. The van der Waals surface area contributed by atoms with E-state index in [4.69, 9.17) is 4.74 Å². The molecule has 1 aliphatic heterocycles. The first-order valence-electron chi connectivity index (χ1n) is 8.42. The highest BCUT2D eigenvalue weighted by Gasteiger charge is 2.18. The maximum Gasteiger partial charge on any atom is 0.266 e. The van der Waals surface area contributed by atoms with E-state index >= 15 is 0 Å². The van der Waals surface area contributed by atoms with E-state index in [-0.39, 0.29) is 11.0 Å². The zero-order valence-corrected chi connectivity index (χ0v) is 14.9. The van der Waals surface area contributed by atoms with Crippen LogP contribution in [0.25, 0.3) is 0 Å². The number of aromatic nitrogens is 2. The number of rotatable bonds is 6. The van der Waals surface area contributed by atoms with Crippen LogP contribution in [0, 0.1) is 0 Å². The molecule has 0 bridgehead atoms. The largest absolute Gasteiger partial charge is 0.383 e. The second-order valence-electron chi connectivity index (χ2n) is 7.21. The van der Waals surface area contributed by atoms with Crippen molar-refractivity contribution in [2.24, 2.45) is 0 Å². The highest BCUT2D eigenvalue weighted by molar-refractivity contribution is 5.10. The number of piperazine rings is 1. The number of hydrogen-bond donors (Lipinski definition) is 0. The Morgan fingerprint density at radius 1 is 1.04 bits per heavy atom. The highest BCUT2D eigenvalue weighted by Crippen LogP contribution is 2.17. The molecule has 0 N–H and O–H groups in total. The van der Waals surface area contributed by atoms with Crippen LogP contribution in [0.1, 0.15) is 26.5 Å². The number of methoxy groups -OCH3 is 1. The molecule has 2 heterocycles. The molecule has 1 saturated heterocycles. The van der Waals surface area contributed by atoms with Gasteiger partial charge in [-0.05, 0) is 6.07 Å². The van der Waals surface area contributed by atoms with Crippen molar-refractivity contribution in [1.82, 2.24) is 19.6 Å². The first-order valence-corrected chi connectivity index (χ1v) is 8.42. The van der Waals surface area contributed by atoms with Crippen molar-refractivity contribution < 1.29 is 4.74 Å². The smallest absolute Gasteiger partial charge is 0.266 e. The van der Waals surface area contributed by atoms with Gasteiger partial charge in [-0.1, -0.05) is 20.8 Å². The van der Waals surface area contributed by atoms with Gasteiger partial charge in [0.15, 0.2) is 0 Å². The van der Waals surface area contributed by atoms with Crippen LogP contribution in [-0.4, -0.2) is 72.6 Å². The highest BCUT2D eigenvalue weighted by atomic mass is 16.5. The van der Waals surface area contributed by atoms with Gasteiger partial charge in [0, 0.05) is 57.9 Å². The Hall–Kier alpha value is -1.24. The fraction of sp³-hybridized carbons (Fsp3) is 0.765. The molecule has 2 rings (SSSR count). The van der Waals surface area contributed by atoms with E-state index in [0.29, 0.717) is 6.54 Å². The van der Waals surface area contributed by atoms with E-state index < -0.39 is 0 Å². The Bertz CT molecular complexity index is 542. The molecule has 0 saturated carbocycles. The van der Waals surface area contributed by atoms with Crippen molar-refractivity contribution in [2.45, 2.75) is 32.7 Å². The number of hydrogen-bond acceptors (Lipinski definition) is 5. The summed E-state index contributed by atoms with van der Waals surface area (Å²) in [6.07, 6.45) is 0. The van der Waals surface area contributed by atoms with Crippen LogP contribution in [0.15, 0.2) is 16.9 Å². The first-order chi connectivity index (χ1) is 10.9. The molecule has 23 heavy (non-hydrogen) atoms. The molecule has 1 aromatic rings. The Balaban J connectivity index is 1.86. The van der Waals surface area contributed by atoms with Crippen LogP contribution in [0.3, 0.4) is 0 Å². The summed E-state index contributed by atoms with van der Waals surface area (Å²) in [5.74, 6) is 0. The molecule has 6 nitrogen and oxygen atoms in total. The normalized spacial score (nSPS) is 17.6. The van der Waals surface area contributed by atoms with E-state index in [0.717, 1.165) is 51.6 Å². The average Bonchev–Trinajstić information content (AvgIpc) is 2.52. The van der Waals surface area contributed by atoms with Gasteiger partial charge >= 0.3 is 0 Å². The van der Waals surface area contributed by atoms with E-state index in [2.05, 4.69) is 35.7 Å². The quantitative estimate of drug-likeness (QED) is 0.776. The van der Waals surface area contributed by atoms with Crippen molar-refractivity contribution in [3.05, 3.63) is 28.2 Å². The summed E-state index contributed by atoms with van der Waals surface area (Å²) >= 11 is 0. The van der Waals surface area contributed by atoms with Crippen molar-refractivity contribution >= 4 is 0 Å². The third-order valence-electron chi connectivity index (χ3n) is 4.34. The third kappa shape index (κ3) is 5.41. The lowest BCUT2D eigenvalue weighted by Crippen LogP contribution is -2.48. The maximum atomic E-state index is 12.0. The lowest BCUT2D eigenvalue weighted by atomic mass is 9.92. The monoisotopic (exact) mass is 322 g/mol. The summed E-state index contributed by atoms with van der Waals surface area (Å²) in [6.45, 7) is 13.9. The van der Waals surface area contributed by atoms with Crippen molar-refractivity contribution in [1.29, 1.82) is 0 Å². The van der Waals surface area contributed by atoms with Crippen molar-refractivity contribution in [3.63, 3.8) is 0 Å². The summed E-state index contributed by atoms with van der Waals surface area (Å²) in [5, 5.41) is 4.53. The molecular formula is C17H30N4O2. The Morgan fingerprint density at radius 3 is 2.22 bits per heavy atom. The minimum Gasteiger partial charge on any atom is -0.383 e. The SMILES string of the molecule is COCCN1CCN(CCn2nc(C(C)(C)C)ccc2=O)CC1. The lowest BCUT2D eigenvalue weighted by molar-refractivity contribution is 0.0945. The van der Waals surface area contributed by atoms with E-state index in [1.165, 1.54) is 0 Å². The van der Waals surface area contributed by atoms with Crippen molar-refractivity contribution in [3.8, 4) is 0 Å². The van der Waals surface area contributed by atoms with E-state index in [9.17, 15) is 4.79 Å². The Morgan fingerprint density at radius 2 is 1.65 bits per heavy atom. The van der Waals surface area contributed by atoms with Gasteiger partial charge in [-0.15, -0.1) is 0 Å². The maximum absolute atomic E-state index is 12.0. The summed E-state index contributed by atoms with van der Waals surface area (Å²) in [4.78, 5) is 16.8. The fourth-order valence-electron chi connectivity index (χ4n) is 2.70. The van der Waals surface area contributed by atoms with E-state index in [1.54, 1.807) is 17.9 Å². The van der Waals surface area contributed by atoms with Crippen LogP contribution < -0.4 is 5.56 Å². The Labute approximate surface area is 139 Å². The van der Waals surface area contributed by atoms with Gasteiger partial charge in [0.05, 0.1) is 18.8 Å². The second-order valence-corrected chi connectivity index (χ2v) is 7.21. The Kier molecular flexibility index (Phi) is 6.33. The van der Waals surface area contributed by atoms with Gasteiger partial charge in [-0.25, -0.2) is 4.68 Å². The molecule has 0 amide bonds. The molecule has 0 radical (unpaired) electrons. The minimum absolute atomic E-state index is 0.0169. The lowest BCUT2D eigenvalue weighted by Gasteiger charge is -2.34. The number of ether oxygens (including phenoxy) is 1. The van der Waals surface area contributed by atoms with Crippen LogP contribution in [0.5, 0.6) is 0 Å². The van der Waals surface area contributed by atoms with Gasteiger partial charge in [-0.3, -0.25) is 14.6 Å². The van der Waals surface area contributed by atoms with Gasteiger partial charge in [0.2, 0.25) is 0 Å². The average molecular weight is 322 g/mol. The molecule has 0 aromatic carbocycles. The van der Waals surface area contributed by atoms with Crippen LogP contribution in [0.2, 0.25) is 0 Å². The van der Waals surface area contributed by atoms with Gasteiger partial charge in [-0.2, -0.15) is 5.10 Å². The molecule has 0 aliphatic carbocycles. The van der Waals surface area contributed by atoms with Crippen LogP contribution in [0.4, 0.5) is 0 Å². The summed E-state index contributed by atoms with van der Waals surface area (Å²) < 4.78 is 6.74. The predicted octanol–water partition coefficient (Wildman–Crippen LogP) is 0.805. The molecule has 0 unspecified atom stereocenters. The van der Waals surface area contributed by atoms with Crippen LogP contribution in [-0.2, 0) is 16.7 Å². The zero-order valence-electron chi connectivity index (χ0n) is 14.9. The molecule has 6 heteroatoms. The van der Waals surface area contributed by atoms with Gasteiger partial charge in [0.1, 0.15) is 0 Å². The second kappa shape index (κ2) is 8.04. The number of nitrogens with zero attached hydrogens (tertiary/aromatic N) is 4. The molecule has 1 aliphatic rings. The summed E-state index contributed by atoms with van der Waals surface area (Å²) in [7, 11) is 1.74. The molecule has 0 spiro atoms. The van der Waals surface area contributed by atoms with Gasteiger partial charge in [0.25, 0.3) is 5.56 Å². The molecular weight excluding hydrogens is 292 g/mol. The van der Waals surface area contributed by atoms with Crippen molar-refractivity contribution in [2.75, 3.05) is 53.0 Å². The predicted molar refractivity (Wildman–Crippen MR) is 92.0 cm³/mol. The summed E-state index contributed by atoms with van der Waals surface area (Å²) in [5.41, 5.74) is 0.904. The first kappa shape index (κ1) is 18.1. The topological polar surface area (TPSA) is 50.6 Å². The third-order valence-corrected chi connectivity index (χ3v) is 4.34. The standard InChI is InChI=1S/C17H30N4O2/c1-17(2,3)15-5-6-16(22)21(18-15)12-11-19-7-9-20(10-8-19)13-14-23-4/h5-6H,7-14H2,1-4H3. The molecule has 1 fully saturated rings. The molecule has 130 valence electrons. The minimum atomic E-state index is -0.0393. The fourth-order valence-corrected chi connectivity index (χ4v) is 2.70. The molecule has 1 aromatic heterocycles. The zero-order chi connectivity index (χ0) is 16.9. The van der Waals surface area contributed by atoms with Crippen LogP contribution >= 0.6 is 0 Å². The van der Waals surface area contributed by atoms with E-state index in [1.807, 2.05) is 6.07 Å². The summed E-state index contributed by atoms with van der Waals surface area (Å²) in [6, 6.07) is 3.48. The van der Waals surface area contributed by atoms with Gasteiger partial charge < -0.3 is 4.74 Å².